The fourth-order valence-electron chi connectivity index (χ4n) is 3.82. The number of rotatable bonds is 5. The van der Waals surface area contributed by atoms with E-state index in [1.165, 1.54) is 60.7 Å². The molecule has 3 aromatic carbocycles. The number of aromatic hydroxyl groups is 2. The normalized spacial score (nSPS) is 17.3. The van der Waals surface area contributed by atoms with Gasteiger partial charge in [-0.25, -0.2) is 0 Å². The number of aliphatic hydroxyl groups is 1. The van der Waals surface area contributed by atoms with Crippen LogP contribution in [0.5, 0.6) is 17.2 Å². The van der Waals surface area contributed by atoms with Gasteiger partial charge in [-0.1, -0.05) is 29.3 Å². The van der Waals surface area contributed by atoms with Crippen molar-refractivity contribution < 1.29 is 29.6 Å². The second kappa shape index (κ2) is 9.29. The summed E-state index contributed by atoms with van der Waals surface area (Å²) >= 11 is 12.1. The second-order valence-electron chi connectivity index (χ2n) is 7.47. The fraction of sp³-hybridized carbons (Fsp3) is 0.120. The maximum absolute atomic E-state index is 13.2. The molecule has 34 heavy (non-hydrogen) atoms. The number of carbonyl (C=O) groups is 2. The highest BCUT2D eigenvalue weighted by Gasteiger charge is 2.48. The molecule has 9 heteroatoms. The van der Waals surface area contributed by atoms with Gasteiger partial charge < -0.3 is 20.1 Å². The lowest BCUT2D eigenvalue weighted by Crippen LogP contribution is -2.29. The van der Waals surface area contributed by atoms with E-state index in [1.54, 1.807) is 6.92 Å². The Morgan fingerprint density at radius 1 is 0.941 bits per heavy atom. The molecule has 1 heterocycles. The van der Waals surface area contributed by atoms with Gasteiger partial charge in [0.25, 0.3) is 11.7 Å². The van der Waals surface area contributed by atoms with E-state index in [0.717, 1.165) is 4.90 Å². The molecular weight excluding hydrogens is 481 g/mol. The molecule has 0 saturated carbocycles. The van der Waals surface area contributed by atoms with E-state index in [4.69, 9.17) is 27.9 Å². The number of carbonyl (C=O) groups excluding carboxylic acids is 2. The van der Waals surface area contributed by atoms with Crippen LogP contribution in [0.25, 0.3) is 5.76 Å². The lowest BCUT2D eigenvalue weighted by atomic mass is 9.94. The average Bonchev–Trinajstić information content (AvgIpc) is 3.07. The molecule has 1 aliphatic heterocycles. The number of halogens is 2. The van der Waals surface area contributed by atoms with Crippen LogP contribution in [0.15, 0.2) is 66.2 Å². The molecule has 3 N–H and O–H groups in total. The summed E-state index contributed by atoms with van der Waals surface area (Å²) in [5.74, 6) is -2.63. The first-order valence-corrected chi connectivity index (χ1v) is 11.0. The Bertz CT molecular complexity index is 1320. The number of phenols is 2. The number of ether oxygens (including phenoxy) is 1. The minimum atomic E-state index is -1.15. The smallest absolute Gasteiger partial charge is 0.300 e. The van der Waals surface area contributed by atoms with Crippen LogP contribution >= 0.6 is 23.2 Å². The molecule has 0 spiro atoms. The highest BCUT2D eigenvalue weighted by atomic mass is 35.5. The zero-order chi connectivity index (χ0) is 24.6. The van der Waals surface area contributed by atoms with Crippen molar-refractivity contribution in [3.63, 3.8) is 0 Å². The van der Waals surface area contributed by atoms with Crippen molar-refractivity contribution in [2.45, 2.75) is 13.0 Å². The van der Waals surface area contributed by atoms with Crippen molar-refractivity contribution in [3.05, 3.63) is 87.4 Å². The summed E-state index contributed by atoms with van der Waals surface area (Å²) in [5, 5.41) is 32.4. The van der Waals surface area contributed by atoms with Crippen LogP contribution in [0.2, 0.25) is 10.0 Å². The first-order valence-electron chi connectivity index (χ1n) is 10.2. The number of Topliss-reactive ketones (excluding diaryl/α,β-unsaturated/α-hetero) is 1. The lowest BCUT2D eigenvalue weighted by molar-refractivity contribution is -0.132. The number of anilines is 1. The van der Waals surface area contributed by atoms with E-state index in [9.17, 15) is 24.9 Å². The zero-order valence-electron chi connectivity index (χ0n) is 17.8. The SMILES string of the molecule is CCOc1cc(C2/C(=C(\O)c3ccc(Cl)cc3)C(=O)C(=O)N2c2cc(Cl)ccc2O)ccc1O. The fourth-order valence-corrected chi connectivity index (χ4v) is 4.11. The number of nitrogens with zero attached hydrogens (tertiary/aromatic N) is 1. The van der Waals surface area contributed by atoms with Crippen molar-refractivity contribution >= 4 is 46.3 Å². The van der Waals surface area contributed by atoms with E-state index in [0.29, 0.717) is 10.6 Å². The number of ketones is 1. The molecule has 1 unspecified atom stereocenters. The molecule has 1 aliphatic rings. The van der Waals surface area contributed by atoms with E-state index >= 15 is 0 Å². The van der Waals surface area contributed by atoms with Gasteiger partial charge in [-0.05, 0) is 67.1 Å². The predicted octanol–water partition coefficient (Wildman–Crippen LogP) is 5.43. The summed E-state index contributed by atoms with van der Waals surface area (Å²) < 4.78 is 5.47. The number of hydrogen-bond donors (Lipinski definition) is 3. The molecule has 1 atom stereocenters. The van der Waals surface area contributed by atoms with Gasteiger partial charge in [-0.3, -0.25) is 14.5 Å². The Morgan fingerprint density at radius 3 is 2.26 bits per heavy atom. The Balaban J connectivity index is 1.99. The molecule has 1 amide bonds. The number of hydrogen-bond acceptors (Lipinski definition) is 6. The van der Waals surface area contributed by atoms with E-state index in [2.05, 4.69) is 0 Å². The van der Waals surface area contributed by atoms with Gasteiger partial charge in [-0.2, -0.15) is 0 Å². The van der Waals surface area contributed by atoms with Crippen LogP contribution in [0.4, 0.5) is 5.69 Å². The molecule has 7 nitrogen and oxygen atoms in total. The van der Waals surface area contributed by atoms with E-state index in [1.807, 2.05) is 0 Å². The van der Waals surface area contributed by atoms with E-state index < -0.39 is 23.5 Å². The highest BCUT2D eigenvalue weighted by molar-refractivity contribution is 6.52. The third-order valence-electron chi connectivity index (χ3n) is 5.36. The molecule has 1 saturated heterocycles. The first-order chi connectivity index (χ1) is 16.2. The van der Waals surface area contributed by atoms with Gasteiger partial charge in [0.1, 0.15) is 11.5 Å². The number of aliphatic hydroxyl groups excluding tert-OH is 1. The summed E-state index contributed by atoms with van der Waals surface area (Å²) in [7, 11) is 0. The second-order valence-corrected chi connectivity index (χ2v) is 8.34. The third-order valence-corrected chi connectivity index (χ3v) is 5.85. The molecule has 4 rings (SSSR count). The van der Waals surface area contributed by atoms with Crippen LogP contribution in [0.1, 0.15) is 24.1 Å². The molecule has 174 valence electrons. The lowest BCUT2D eigenvalue weighted by Gasteiger charge is -2.26. The van der Waals surface area contributed by atoms with Crippen LogP contribution in [0.3, 0.4) is 0 Å². The Kier molecular flexibility index (Phi) is 6.41. The van der Waals surface area contributed by atoms with Gasteiger partial charge in [0.15, 0.2) is 11.5 Å². The molecule has 1 fully saturated rings. The zero-order valence-corrected chi connectivity index (χ0v) is 19.3. The predicted molar refractivity (Wildman–Crippen MR) is 129 cm³/mol. The van der Waals surface area contributed by atoms with Gasteiger partial charge in [0, 0.05) is 15.6 Å². The van der Waals surface area contributed by atoms with Gasteiger partial charge >= 0.3 is 0 Å². The average molecular weight is 500 g/mol. The van der Waals surface area contributed by atoms with Crippen molar-refractivity contribution in [2.24, 2.45) is 0 Å². The summed E-state index contributed by atoms with van der Waals surface area (Å²) in [4.78, 5) is 27.5. The number of amides is 1. The van der Waals surface area contributed by atoms with Crippen LogP contribution in [-0.4, -0.2) is 33.6 Å². The summed E-state index contributed by atoms with van der Waals surface area (Å²) in [6.07, 6.45) is 0. The maximum atomic E-state index is 13.2. The maximum Gasteiger partial charge on any atom is 0.300 e. The molecule has 0 bridgehead atoms. The molecular formula is C25H19Cl2NO6. The van der Waals surface area contributed by atoms with E-state index in [-0.39, 0.29) is 45.7 Å². The Morgan fingerprint density at radius 2 is 1.59 bits per heavy atom. The van der Waals surface area contributed by atoms with Crippen LogP contribution in [0, 0.1) is 0 Å². The van der Waals surface area contributed by atoms with Crippen molar-refractivity contribution in [3.8, 4) is 17.2 Å². The van der Waals surface area contributed by atoms with Crippen molar-refractivity contribution in [1.82, 2.24) is 0 Å². The molecule has 3 aromatic rings. The summed E-state index contributed by atoms with van der Waals surface area (Å²) in [6.45, 7) is 2.00. The van der Waals surface area contributed by atoms with Crippen molar-refractivity contribution in [1.29, 1.82) is 0 Å². The number of phenolic OH excluding ortho intramolecular Hbond substituents is 2. The molecule has 0 radical (unpaired) electrons. The van der Waals surface area contributed by atoms with Crippen LogP contribution < -0.4 is 9.64 Å². The standard InChI is InChI=1S/C25H19Cl2NO6/c1-2-34-20-11-14(5-9-19(20)30)22-21(23(31)13-3-6-15(26)7-4-13)24(32)25(33)28(22)17-12-16(27)8-10-18(17)29/h3-12,22,29-31H,2H2,1H3/b23-21+. The largest absolute Gasteiger partial charge is 0.507 e. The summed E-state index contributed by atoms with van der Waals surface area (Å²) in [6, 6.07) is 13.4. The third kappa shape index (κ3) is 4.16. The van der Waals surface area contributed by atoms with Gasteiger partial charge in [0.2, 0.25) is 0 Å². The molecule has 0 aliphatic carbocycles. The summed E-state index contributed by atoms with van der Waals surface area (Å²) in [5.41, 5.74) is 0.405. The minimum absolute atomic E-state index is 0.0132. The topological polar surface area (TPSA) is 107 Å². The van der Waals surface area contributed by atoms with Gasteiger partial charge in [-0.15, -0.1) is 0 Å². The first kappa shape index (κ1) is 23.5. The van der Waals surface area contributed by atoms with Crippen LogP contribution in [-0.2, 0) is 9.59 Å². The van der Waals surface area contributed by atoms with Gasteiger partial charge in [0.05, 0.1) is 23.9 Å². The van der Waals surface area contributed by atoms with Crippen molar-refractivity contribution in [2.75, 3.05) is 11.5 Å². The molecule has 0 aromatic heterocycles. The minimum Gasteiger partial charge on any atom is -0.507 e. The monoisotopic (exact) mass is 499 g/mol. The Hall–Kier alpha value is -3.68. The number of benzene rings is 3. The quantitative estimate of drug-likeness (QED) is 0.245. The Labute approximate surface area is 205 Å². The highest BCUT2D eigenvalue weighted by Crippen LogP contribution is 2.46.